The van der Waals surface area contributed by atoms with E-state index in [0.29, 0.717) is 18.2 Å². The minimum absolute atomic E-state index is 0. The van der Waals surface area contributed by atoms with Gasteiger partial charge in [0, 0.05) is 19.3 Å². The Morgan fingerprint density at radius 2 is 1.68 bits per heavy atom. The number of carbonyl (C=O) groups excluding carboxylic acids is 1. The summed E-state index contributed by atoms with van der Waals surface area (Å²) < 4.78 is 25.2. The van der Waals surface area contributed by atoms with Crippen molar-refractivity contribution in [3.63, 3.8) is 0 Å². The molecule has 0 radical (unpaired) electrons. The molecule has 0 unspecified atom stereocenters. The molecular weight excluding hydrogens is 418 g/mol. The molecule has 0 saturated heterocycles. The minimum atomic E-state index is -3.53. The number of benzene rings is 2. The van der Waals surface area contributed by atoms with Crippen molar-refractivity contribution in [1.82, 2.24) is 9.88 Å². The first kappa shape index (κ1) is 22.3. The van der Waals surface area contributed by atoms with Crippen LogP contribution in [0.3, 0.4) is 0 Å². The van der Waals surface area contributed by atoms with Gasteiger partial charge in [0.15, 0.2) is 15.0 Å². The van der Waals surface area contributed by atoms with Gasteiger partial charge in [-0.3, -0.25) is 9.69 Å². The predicted octanol–water partition coefficient (Wildman–Crippen LogP) is 3.33. The van der Waals surface area contributed by atoms with Crippen LogP contribution in [0, 0.1) is 0 Å². The van der Waals surface area contributed by atoms with E-state index in [9.17, 15) is 13.2 Å². The maximum absolute atomic E-state index is 13.3. The maximum Gasteiger partial charge on any atom is 0.261 e. The molecule has 0 N–H and O–H groups in total. The van der Waals surface area contributed by atoms with Crippen LogP contribution >= 0.6 is 23.7 Å². The molecule has 0 fully saturated rings. The molecule has 9 heteroatoms. The number of halogens is 1. The Bertz CT molecular complexity index is 1050. The van der Waals surface area contributed by atoms with Crippen LogP contribution in [-0.2, 0) is 9.84 Å². The lowest BCUT2D eigenvalue weighted by Crippen LogP contribution is -2.37. The van der Waals surface area contributed by atoms with E-state index in [1.165, 1.54) is 17.4 Å². The lowest BCUT2D eigenvalue weighted by Gasteiger charge is -2.22. The summed E-state index contributed by atoms with van der Waals surface area (Å²) in [6.07, 6.45) is 1.11. The number of rotatable bonds is 6. The average Bonchev–Trinajstić information content (AvgIpc) is 3.04. The molecule has 0 aliphatic heterocycles. The third-order valence-electron chi connectivity index (χ3n) is 4.05. The number of anilines is 1. The molecule has 150 valence electrons. The van der Waals surface area contributed by atoms with Crippen LogP contribution in [0.1, 0.15) is 10.4 Å². The van der Waals surface area contributed by atoms with Gasteiger partial charge in [0.25, 0.3) is 5.91 Å². The highest BCUT2D eigenvalue weighted by atomic mass is 35.5. The Morgan fingerprint density at radius 1 is 1.04 bits per heavy atom. The molecule has 6 nitrogen and oxygen atoms in total. The summed E-state index contributed by atoms with van der Waals surface area (Å²) in [6, 6.07) is 14.0. The minimum Gasteiger partial charge on any atom is -0.308 e. The summed E-state index contributed by atoms with van der Waals surface area (Å²) in [5.41, 5.74) is 0.981. The number of fused-ring (bicyclic) bond motifs is 1. The molecule has 1 amide bonds. The smallest absolute Gasteiger partial charge is 0.261 e. The molecule has 0 spiro atoms. The molecular formula is C19H22ClN3O3S2. The first-order valence-electron chi connectivity index (χ1n) is 8.38. The Hall–Kier alpha value is -2.00. The predicted molar refractivity (Wildman–Crippen MR) is 117 cm³/mol. The van der Waals surface area contributed by atoms with Crippen LogP contribution < -0.4 is 4.90 Å². The maximum atomic E-state index is 13.3. The summed E-state index contributed by atoms with van der Waals surface area (Å²) in [7, 11) is 0.319. The molecule has 0 saturated carbocycles. The van der Waals surface area contributed by atoms with Crippen LogP contribution in [0.25, 0.3) is 10.2 Å². The van der Waals surface area contributed by atoms with Crippen LogP contribution in [0.4, 0.5) is 5.13 Å². The molecule has 0 atom stereocenters. The number of carbonyl (C=O) groups is 1. The van der Waals surface area contributed by atoms with Gasteiger partial charge < -0.3 is 4.90 Å². The highest BCUT2D eigenvalue weighted by Crippen LogP contribution is 2.30. The molecule has 0 aliphatic carbocycles. The number of nitrogens with zero attached hydrogens (tertiary/aromatic N) is 3. The van der Waals surface area contributed by atoms with Gasteiger partial charge in [-0.2, -0.15) is 0 Å². The second-order valence-electron chi connectivity index (χ2n) is 6.49. The standard InChI is InChI=1S/C19H21N3O3S2.ClH/c1-21(2)12-13-22(19-20-15-9-5-6-10-16(15)26-19)18(23)14-8-4-7-11-17(14)27(3,24)25;/h4-11H,12-13H2,1-3H3;1H. The Labute approximate surface area is 175 Å². The van der Waals surface area contributed by atoms with E-state index in [1.54, 1.807) is 23.1 Å². The van der Waals surface area contributed by atoms with Crippen molar-refractivity contribution in [1.29, 1.82) is 0 Å². The molecule has 2 aromatic carbocycles. The summed E-state index contributed by atoms with van der Waals surface area (Å²) >= 11 is 1.42. The van der Waals surface area contributed by atoms with Crippen LogP contribution in [0.15, 0.2) is 53.4 Å². The number of para-hydroxylation sites is 1. The van der Waals surface area contributed by atoms with Gasteiger partial charge in [-0.15, -0.1) is 12.4 Å². The van der Waals surface area contributed by atoms with Gasteiger partial charge in [0.1, 0.15) is 0 Å². The summed E-state index contributed by atoms with van der Waals surface area (Å²) in [4.78, 5) is 21.5. The monoisotopic (exact) mass is 439 g/mol. The lowest BCUT2D eigenvalue weighted by molar-refractivity contribution is 0.0982. The number of sulfone groups is 1. The number of thiazole rings is 1. The van der Waals surface area contributed by atoms with E-state index in [4.69, 9.17) is 0 Å². The van der Waals surface area contributed by atoms with Crippen molar-refractivity contribution in [3.8, 4) is 0 Å². The van der Waals surface area contributed by atoms with E-state index < -0.39 is 9.84 Å². The van der Waals surface area contributed by atoms with E-state index >= 15 is 0 Å². The van der Waals surface area contributed by atoms with E-state index in [-0.39, 0.29) is 28.8 Å². The van der Waals surface area contributed by atoms with Crippen molar-refractivity contribution >= 4 is 54.8 Å². The van der Waals surface area contributed by atoms with Crippen molar-refractivity contribution in [2.45, 2.75) is 4.90 Å². The first-order valence-corrected chi connectivity index (χ1v) is 11.1. The molecule has 0 bridgehead atoms. The zero-order valence-electron chi connectivity index (χ0n) is 15.8. The number of likely N-dealkylation sites (N-methyl/N-ethyl adjacent to an activating group) is 1. The van der Waals surface area contributed by atoms with Crippen LogP contribution in [0.5, 0.6) is 0 Å². The molecule has 3 rings (SSSR count). The van der Waals surface area contributed by atoms with E-state index in [1.807, 2.05) is 43.3 Å². The molecule has 1 aromatic heterocycles. The average molecular weight is 440 g/mol. The van der Waals surface area contributed by atoms with E-state index in [0.717, 1.165) is 16.5 Å². The Kier molecular flexibility index (Phi) is 7.16. The first-order chi connectivity index (χ1) is 12.8. The van der Waals surface area contributed by atoms with Crippen molar-refractivity contribution in [2.24, 2.45) is 0 Å². The highest BCUT2D eigenvalue weighted by Gasteiger charge is 2.26. The Balaban J connectivity index is 0.00000280. The third-order valence-corrected chi connectivity index (χ3v) is 6.26. The van der Waals surface area contributed by atoms with Crippen LogP contribution in [0.2, 0.25) is 0 Å². The van der Waals surface area contributed by atoms with Crippen molar-refractivity contribution < 1.29 is 13.2 Å². The second kappa shape index (κ2) is 9.00. The zero-order chi connectivity index (χ0) is 19.6. The Morgan fingerprint density at radius 3 is 2.32 bits per heavy atom. The quantitative estimate of drug-likeness (QED) is 0.589. The summed E-state index contributed by atoms with van der Waals surface area (Å²) in [5.74, 6) is -0.364. The van der Waals surface area contributed by atoms with Gasteiger partial charge >= 0.3 is 0 Å². The number of amides is 1. The van der Waals surface area contributed by atoms with Gasteiger partial charge in [-0.05, 0) is 38.4 Å². The summed E-state index contributed by atoms with van der Waals surface area (Å²) in [5, 5.41) is 0.561. The topological polar surface area (TPSA) is 70.6 Å². The molecule has 0 aliphatic rings. The van der Waals surface area contributed by atoms with Gasteiger partial charge in [-0.1, -0.05) is 35.6 Å². The highest BCUT2D eigenvalue weighted by molar-refractivity contribution is 7.90. The second-order valence-corrected chi connectivity index (χ2v) is 9.49. The number of hydrogen-bond donors (Lipinski definition) is 0. The number of hydrogen-bond acceptors (Lipinski definition) is 6. The third kappa shape index (κ3) is 4.88. The van der Waals surface area contributed by atoms with E-state index in [2.05, 4.69) is 4.98 Å². The van der Waals surface area contributed by atoms with Gasteiger partial charge in [0.2, 0.25) is 0 Å². The van der Waals surface area contributed by atoms with Crippen LogP contribution in [-0.4, -0.2) is 57.6 Å². The zero-order valence-corrected chi connectivity index (χ0v) is 18.3. The lowest BCUT2D eigenvalue weighted by atomic mass is 10.2. The largest absolute Gasteiger partial charge is 0.308 e. The fraction of sp³-hybridized carbons (Fsp3) is 0.263. The SMILES string of the molecule is CN(C)CCN(C(=O)c1ccccc1S(C)(=O)=O)c1nc2ccccc2s1.Cl. The van der Waals surface area contributed by atoms with Gasteiger partial charge in [0.05, 0.1) is 20.7 Å². The fourth-order valence-corrected chi connectivity index (χ4v) is 4.54. The van der Waals surface area contributed by atoms with Crippen molar-refractivity contribution in [3.05, 3.63) is 54.1 Å². The molecule has 1 heterocycles. The number of aromatic nitrogens is 1. The fourth-order valence-electron chi connectivity index (χ4n) is 2.67. The molecule has 3 aromatic rings. The summed E-state index contributed by atoms with van der Waals surface area (Å²) in [6.45, 7) is 1.03. The van der Waals surface area contributed by atoms with Crippen molar-refractivity contribution in [2.75, 3.05) is 38.3 Å². The van der Waals surface area contributed by atoms with Gasteiger partial charge in [-0.25, -0.2) is 13.4 Å². The molecule has 28 heavy (non-hydrogen) atoms. The normalized spacial score (nSPS) is 11.4.